The molecule has 1 aliphatic rings. The molecule has 1 amide bonds. The molecule has 1 heterocycles. The maximum atomic E-state index is 12.4. The van der Waals surface area contributed by atoms with E-state index in [0.29, 0.717) is 6.54 Å². The summed E-state index contributed by atoms with van der Waals surface area (Å²) in [5, 5.41) is 3.08. The summed E-state index contributed by atoms with van der Waals surface area (Å²) in [4.78, 5) is 14.9. The Bertz CT molecular complexity index is 809. The van der Waals surface area contributed by atoms with Crippen LogP contribution in [0.2, 0.25) is 0 Å². The second kappa shape index (κ2) is 10.8. The van der Waals surface area contributed by atoms with Gasteiger partial charge in [0.2, 0.25) is 0 Å². The topological polar surface area (TPSA) is 41.6 Å². The van der Waals surface area contributed by atoms with Gasteiger partial charge in [-0.2, -0.15) is 0 Å². The SMILES string of the molecule is Cc1cccc(OCC(=O)NCC(c2ccc(C(C)(C)C)cc2)N2CCCC2)c1.Cl. The maximum Gasteiger partial charge on any atom is 0.258 e. The number of halogens is 1. The fourth-order valence-corrected chi connectivity index (χ4v) is 3.83. The van der Waals surface area contributed by atoms with Crippen LogP contribution in [-0.2, 0) is 10.2 Å². The number of benzene rings is 2. The lowest BCUT2D eigenvalue weighted by Gasteiger charge is -2.29. The van der Waals surface area contributed by atoms with Crippen molar-refractivity contribution in [2.24, 2.45) is 0 Å². The van der Waals surface area contributed by atoms with E-state index in [4.69, 9.17) is 4.74 Å². The summed E-state index contributed by atoms with van der Waals surface area (Å²) in [5.41, 5.74) is 3.86. The molecule has 0 aliphatic carbocycles. The van der Waals surface area contributed by atoms with Gasteiger partial charge in [-0.25, -0.2) is 0 Å². The monoisotopic (exact) mass is 430 g/mol. The molecule has 1 atom stereocenters. The molecule has 2 aromatic rings. The average Bonchev–Trinajstić information content (AvgIpc) is 3.21. The third kappa shape index (κ3) is 6.75. The summed E-state index contributed by atoms with van der Waals surface area (Å²) < 4.78 is 5.64. The highest BCUT2D eigenvalue weighted by Crippen LogP contribution is 2.28. The molecule has 3 rings (SSSR count). The molecular weight excluding hydrogens is 396 g/mol. The summed E-state index contributed by atoms with van der Waals surface area (Å²) in [6.07, 6.45) is 2.45. The Kier molecular flexibility index (Phi) is 8.75. The molecule has 0 spiro atoms. The van der Waals surface area contributed by atoms with Crippen LogP contribution in [0.3, 0.4) is 0 Å². The molecule has 164 valence electrons. The van der Waals surface area contributed by atoms with Gasteiger partial charge in [-0.1, -0.05) is 57.2 Å². The Labute approximate surface area is 187 Å². The number of carbonyl (C=O) groups excluding carboxylic acids is 1. The Morgan fingerprint density at radius 3 is 2.37 bits per heavy atom. The number of likely N-dealkylation sites (tertiary alicyclic amines) is 1. The highest BCUT2D eigenvalue weighted by Gasteiger charge is 2.24. The third-order valence-electron chi connectivity index (χ3n) is 5.59. The molecule has 1 aliphatic heterocycles. The number of aryl methyl sites for hydroxylation is 1. The van der Waals surface area contributed by atoms with Gasteiger partial charge in [-0.3, -0.25) is 9.69 Å². The van der Waals surface area contributed by atoms with E-state index in [0.717, 1.165) is 24.4 Å². The molecule has 0 radical (unpaired) electrons. The zero-order chi connectivity index (χ0) is 20.9. The second-order valence-corrected chi connectivity index (χ2v) is 9.04. The summed E-state index contributed by atoms with van der Waals surface area (Å²) in [6.45, 7) is 11.5. The molecule has 0 aromatic heterocycles. The highest BCUT2D eigenvalue weighted by atomic mass is 35.5. The first-order chi connectivity index (χ1) is 13.8. The van der Waals surface area contributed by atoms with Gasteiger partial charge in [-0.05, 0) is 67.1 Å². The van der Waals surface area contributed by atoms with Gasteiger partial charge in [-0.15, -0.1) is 12.4 Å². The normalized spacial score (nSPS) is 15.3. The van der Waals surface area contributed by atoms with E-state index in [1.165, 1.54) is 24.0 Å². The van der Waals surface area contributed by atoms with E-state index in [9.17, 15) is 4.79 Å². The maximum absolute atomic E-state index is 12.4. The summed E-state index contributed by atoms with van der Waals surface area (Å²) in [6, 6.07) is 16.9. The van der Waals surface area contributed by atoms with E-state index in [1.54, 1.807) is 0 Å². The van der Waals surface area contributed by atoms with Crippen LogP contribution in [0, 0.1) is 6.92 Å². The van der Waals surface area contributed by atoms with Crippen LogP contribution in [-0.4, -0.2) is 37.0 Å². The lowest BCUT2D eigenvalue weighted by molar-refractivity contribution is -0.123. The van der Waals surface area contributed by atoms with Crippen molar-refractivity contribution >= 4 is 18.3 Å². The van der Waals surface area contributed by atoms with Crippen molar-refractivity contribution in [2.75, 3.05) is 26.2 Å². The summed E-state index contributed by atoms with van der Waals surface area (Å²) in [7, 11) is 0. The third-order valence-corrected chi connectivity index (χ3v) is 5.59. The van der Waals surface area contributed by atoms with Crippen molar-refractivity contribution in [3.63, 3.8) is 0 Å². The molecule has 1 fully saturated rings. The van der Waals surface area contributed by atoms with Crippen LogP contribution in [0.15, 0.2) is 48.5 Å². The number of carbonyl (C=O) groups is 1. The van der Waals surface area contributed by atoms with E-state index >= 15 is 0 Å². The van der Waals surface area contributed by atoms with Gasteiger partial charge in [0, 0.05) is 6.54 Å². The first-order valence-electron chi connectivity index (χ1n) is 10.6. The van der Waals surface area contributed by atoms with E-state index in [-0.39, 0.29) is 36.4 Å². The van der Waals surface area contributed by atoms with Gasteiger partial charge in [0.1, 0.15) is 5.75 Å². The fourth-order valence-electron chi connectivity index (χ4n) is 3.83. The van der Waals surface area contributed by atoms with Crippen LogP contribution >= 0.6 is 12.4 Å². The van der Waals surface area contributed by atoms with Crippen molar-refractivity contribution in [1.82, 2.24) is 10.2 Å². The van der Waals surface area contributed by atoms with E-state index in [2.05, 4.69) is 55.3 Å². The largest absolute Gasteiger partial charge is 0.484 e. The van der Waals surface area contributed by atoms with Gasteiger partial charge >= 0.3 is 0 Å². The van der Waals surface area contributed by atoms with Gasteiger partial charge in [0.15, 0.2) is 6.61 Å². The molecule has 30 heavy (non-hydrogen) atoms. The van der Waals surface area contributed by atoms with Crippen LogP contribution in [0.4, 0.5) is 0 Å². The lowest BCUT2D eigenvalue weighted by Crippen LogP contribution is -2.38. The molecule has 0 saturated carbocycles. The van der Waals surface area contributed by atoms with Crippen molar-refractivity contribution in [3.05, 3.63) is 65.2 Å². The Balaban J connectivity index is 0.00000320. The highest BCUT2D eigenvalue weighted by molar-refractivity contribution is 5.85. The molecule has 5 heteroatoms. The van der Waals surface area contributed by atoms with Crippen LogP contribution in [0.5, 0.6) is 5.75 Å². The minimum atomic E-state index is -0.0815. The molecule has 1 unspecified atom stereocenters. The Morgan fingerprint density at radius 2 is 1.77 bits per heavy atom. The number of hydrogen-bond donors (Lipinski definition) is 1. The predicted octanol–water partition coefficient (Wildman–Crippen LogP) is 5.05. The summed E-state index contributed by atoms with van der Waals surface area (Å²) >= 11 is 0. The molecule has 1 N–H and O–H groups in total. The van der Waals surface area contributed by atoms with Crippen molar-refractivity contribution in [1.29, 1.82) is 0 Å². The Morgan fingerprint density at radius 1 is 1.10 bits per heavy atom. The molecular formula is C25H35ClN2O2. The van der Waals surface area contributed by atoms with Crippen molar-refractivity contribution < 1.29 is 9.53 Å². The van der Waals surface area contributed by atoms with Gasteiger partial charge in [0.05, 0.1) is 6.04 Å². The molecule has 0 bridgehead atoms. The van der Waals surface area contributed by atoms with Crippen LogP contribution < -0.4 is 10.1 Å². The number of nitrogens with one attached hydrogen (secondary N) is 1. The fraction of sp³-hybridized carbons (Fsp3) is 0.480. The zero-order valence-corrected chi connectivity index (χ0v) is 19.4. The zero-order valence-electron chi connectivity index (χ0n) is 18.6. The number of amides is 1. The van der Waals surface area contributed by atoms with Crippen molar-refractivity contribution in [2.45, 2.75) is 52.0 Å². The van der Waals surface area contributed by atoms with Gasteiger partial charge < -0.3 is 10.1 Å². The molecule has 2 aromatic carbocycles. The smallest absolute Gasteiger partial charge is 0.258 e. The van der Waals surface area contributed by atoms with Crippen molar-refractivity contribution in [3.8, 4) is 5.75 Å². The standard InChI is InChI=1S/C25H34N2O2.ClH/c1-19-8-7-9-22(16-19)29-18-24(28)26-17-23(27-14-5-6-15-27)20-10-12-21(13-11-20)25(2,3)4;/h7-13,16,23H,5-6,14-15,17-18H2,1-4H3,(H,26,28);1H. The molecule has 1 saturated heterocycles. The number of rotatable bonds is 7. The first-order valence-corrected chi connectivity index (χ1v) is 10.6. The Hall–Kier alpha value is -2.04. The average molecular weight is 431 g/mol. The first kappa shape index (κ1) is 24.2. The number of nitrogens with zero attached hydrogens (tertiary/aromatic N) is 1. The summed E-state index contributed by atoms with van der Waals surface area (Å²) in [5.74, 6) is 0.649. The van der Waals surface area contributed by atoms with E-state index < -0.39 is 0 Å². The minimum Gasteiger partial charge on any atom is -0.484 e. The lowest BCUT2D eigenvalue weighted by atomic mass is 9.86. The number of hydrogen-bond acceptors (Lipinski definition) is 3. The number of ether oxygens (including phenoxy) is 1. The minimum absolute atomic E-state index is 0. The molecule has 4 nitrogen and oxygen atoms in total. The van der Waals surface area contributed by atoms with Gasteiger partial charge in [0.25, 0.3) is 5.91 Å². The quantitative estimate of drug-likeness (QED) is 0.668. The predicted molar refractivity (Wildman–Crippen MR) is 126 cm³/mol. The van der Waals surface area contributed by atoms with Crippen LogP contribution in [0.1, 0.15) is 56.3 Å². The second-order valence-electron chi connectivity index (χ2n) is 9.04. The van der Waals surface area contributed by atoms with Crippen LogP contribution in [0.25, 0.3) is 0 Å². The van der Waals surface area contributed by atoms with E-state index in [1.807, 2.05) is 31.2 Å².